The lowest BCUT2D eigenvalue weighted by molar-refractivity contribution is -0.111. The molecule has 0 spiro atoms. The van der Waals surface area contributed by atoms with Crippen molar-refractivity contribution in [2.75, 3.05) is 11.9 Å². The number of hydrogen-bond donors (Lipinski definition) is 1. The number of carbonyl (C=O) groups excluding carboxylic acids is 1. The van der Waals surface area contributed by atoms with Crippen molar-refractivity contribution in [2.45, 2.75) is 13.3 Å². The van der Waals surface area contributed by atoms with Gasteiger partial charge in [-0.1, -0.05) is 19.1 Å². The predicted molar refractivity (Wildman–Crippen MR) is 86.3 cm³/mol. The van der Waals surface area contributed by atoms with Crippen LogP contribution in [0, 0.1) is 5.82 Å². The van der Waals surface area contributed by atoms with Crippen LogP contribution in [-0.2, 0) is 4.79 Å². The number of anilines is 1. The van der Waals surface area contributed by atoms with Crippen LogP contribution in [-0.4, -0.2) is 12.5 Å². The highest BCUT2D eigenvalue weighted by Crippen LogP contribution is 2.16. The van der Waals surface area contributed by atoms with Crippen LogP contribution in [0.3, 0.4) is 0 Å². The highest BCUT2D eigenvalue weighted by Gasteiger charge is 1.99. The predicted octanol–water partition coefficient (Wildman–Crippen LogP) is 4.27. The standard InChI is InChI=1S/C18H18FNO2/c1-2-13-22-17-10-8-16(9-11-17)20-18(21)12-5-14-3-6-15(19)7-4-14/h3-12H,2,13H2,1H3,(H,20,21)/b12-5+. The minimum atomic E-state index is -0.299. The summed E-state index contributed by atoms with van der Waals surface area (Å²) in [5.74, 6) is 0.236. The molecule has 0 aliphatic rings. The number of carbonyl (C=O) groups is 1. The summed E-state index contributed by atoms with van der Waals surface area (Å²) in [6, 6.07) is 13.1. The maximum atomic E-state index is 12.8. The van der Waals surface area contributed by atoms with E-state index in [1.807, 2.05) is 19.1 Å². The van der Waals surface area contributed by atoms with Gasteiger partial charge in [-0.3, -0.25) is 4.79 Å². The highest BCUT2D eigenvalue weighted by molar-refractivity contribution is 6.01. The van der Waals surface area contributed by atoms with Crippen molar-refractivity contribution in [3.63, 3.8) is 0 Å². The molecule has 0 radical (unpaired) electrons. The second-order valence-corrected chi connectivity index (χ2v) is 4.75. The van der Waals surface area contributed by atoms with Crippen molar-refractivity contribution in [3.05, 3.63) is 66.0 Å². The maximum Gasteiger partial charge on any atom is 0.248 e. The summed E-state index contributed by atoms with van der Waals surface area (Å²) in [7, 11) is 0. The fourth-order valence-electron chi connectivity index (χ4n) is 1.78. The molecule has 4 heteroatoms. The summed E-state index contributed by atoms with van der Waals surface area (Å²) in [5, 5.41) is 2.75. The summed E-state index contributed by atoms with van der Waals surface area (Å²) >= 11 is 0. The van der Waals surface area contributed by atoms with Crippen LogP contribution >= 0.6 is 0 Å². The summed E-state index contributed by atoms with van der Waals surface area (Å²) in [5.41, 5.74) is 1.46. The molecule has 2 aromatic rings. The van der Waals surface area contributed by atoms with E-state index in [4.69, 9.17) is 4.74 Å². The SMILES string of the molecule is CCCOc1ccc(NC(=O)/C=C/c2ccc(F)cc2)cc1. The molecular weight excluding hydrogens is 281 g/mol. The van der Waals surface area contributed by atoms with Gasteiger partial charge in [-0.05, 0) is 54.5 Å². The number of halogens is 1. The molecule has 0 heterocycles. The maximum absolute atomic E-state index is 12.8. The van der Waals surface area contributed by atoms with E-state index >= 15 is 0 Å². The van der Waals surface area contributed by atoms with Gasteiger partial charge in [0.25, 0.3) is 0 Å². The van der Waals surface area contributed by atoms with Crippen LogP contribution in [0.1, 0.15) is 18.9 Å². The number of ether oxygens (including phenoxy) is 1. The van der Waals surface area contributed by atoms with Crippen molar-refractivity contribution >= 4 is 17.7 Å². The van der Waals surface area contributed by atoms with E-state index in [2.05, 4.69) is 5.32 Å². The Labute approximate surface area is 129 Å². The molecule has 3 nitrogen and oxygen atoms in total. The monoisotopic (exact) mass is 299 g/mol. The number of benzene rings is 2. The first kappa shape index (κ1) is 15.8. The van der Waals surface area contributed by atoms with Gasteiger partial charge >= 0.3 is 0 Å². The molecule has 0 saturated heterocycles. The largest absolute Gasteiger partial charge is 0.494 e. The number of hydrogen-bond acceptors (Lipinski definition) is 2. The first-order valence-electron chi connectivity index (χ1n) is 7.15. The van der Waals surface area contributed by atoms with Crippen LogP contribution < -0.4 is 10.1 Å². The van der Waals surface area contributed by atoms with E-state index in [1.54, 1.807) is 30.3 Å². The van der Waals surface area contributed by atoms with E-state index in [1.165, 1.54) is 18.2 Å². The zero-order chi connectivity index (χ0) is 15.8. The highest BCUT2D eigenvalue weighted by atomic mass is 19.1. The molecule has 0 fully saturated rings. The molecule has 22 heavy (non-hydrogen) atoms. The average molecular weight is 299 g/mol. The fourth-order valence-corrected chi connectivity index (χ4v) is 1.78. The van der Waals surface area contributed by atoms with Gasteiger partial charge in [-0.15, -0.1) is 0 Å². The van der Waals surface area contributed by atoms with Crippen LogP contribution in [0.25, 0.3) is 6.08 Å². The van der Waals surface area contributed by atoms with Crippen LogP contribution in [0.4, 0.5) is 10.1 Å². The normalized spacial score (nSPS) is 10.6. The Morgan fingerprint density at radius 1 is 1.14 bits per heavy atom. The van der Waals surface area contributed by atoms with Gasteiger partial charge < -0.3 is 10.1 Å². The third-order valence-electron chi connectivity index (χ3n) is 2.89. The molecule has 0 aromatic heterocycles. The molecule has 0 aliphatic carbocycles. The van der Waals surface area contributed by atoms with Gasteiger partial charge in [0.15, 0.2) is 0 Å². The molecular formula is C18H18FNO2. The second kappa shape index (κ2) is 7.98. The van der Waals surface area contributed by atoms with Gasteiger partial charge in [0.05, 0.1) is 6.61 Å². The first-order valence-corrected chi connectivity index (χ1v) is 7.15. The zero-order valence-corrected chi connectivity index (χ0v) is 12.4. The molecule has 0 aliphatic heterocycles. The Hall–Kier alpha value is -2.62. The molecule has 0 bridgehead atoms. The molecule has 2 rings (SSSR count). The molecule has 114 valence electrons. The fraction of sp³-hybridized carbons (Fsp3) is 0.167. The smallest absolute Gasteiger partial charge is 0.248 e. The minimum absolute atomic E-state index is 0.244. The second-order valence-electron chi connectivity index (χ2n) is 4.75. The molecule has 0 saturated carbocycles. The van der Waals surface area contributed by atoms with Crippen LogP contribution in [0.5, 0.6) is 5.75 Å². The Morgan fingerprint density at radius 2 is 1.82 bits per heavy atom. The van der Waals surface area contributed by atoms with E-state index in [0.717, 1.165) is 17.7 Å². The first-order chi connectivity index (χ1) is 10.7. The van der Waals surface area contributed by atoms with Crippen LogP contribution in [0.15, 0.2) is 54.6 Å². The van der Waals surface area contributed by atoms with E-state index in [-0.39, 0.29) is 11.7 Å². The molecule has 1 N–H and O–H groups in total. The quantitative estimate of drug-likeness (QED) is 0.809. The number of rotatable bonds is 6. The number of amides is 1. The van der Waals surface area contributed by atoms with Crippen molar-refractivity contribution in [1.29, 1.82) is 0 Å². The topological polar surface area (TPSA) is 38.3 Å². The van der Waals surface area contributed by atoms with Gasteiger partial charge in [0.2, 0.25) is 5.91 Å². The van der Waals surface area contributed by atoms with Crippen LogP contribution in [0.2, 0.25) is 0 Å². The Bertz CT molecular complexity index is 633. The Balaban J connectivity index is 1.89. The summed E-state index contributed by atoms with van der Waals surface area (Å²) < 4.78 is 18.2. The summed E-state index contributed by atoms with van der Waals surface area (Å²) in [4.78, 5) is 11.8. The average Bonchev–Trinajstić information content (AvgIpc) is 2.54. The zero-order valence-electron chi connectivity index (χ0n) is 12.4. The van der Waals surface area contributed by atoms with Crippen molar-refractivity contribution < 1.29 is 13.9 Å². The van der Waals surface area contributed by atoms with E-state index in [0.29, 0.717) is 12.3 Å². The minimum Gasteiger partial charge on any atom is -0.494 e. The molecule has 0 unspecified atom stereocenters. The van der Waals surface area contributed by atoms with E-state index < -0.39 is 0 Å². The van der Waals surface area contributed by atoms with Gasteiger partial charge in [0, 0.05) is 11.8 Å². The van der Waals surface area contributed by atoms with Crippen molar-refractivity contribution in [2.24, 2.45) is 0 Å². The van der Waals surface area contributed by atoms with Crippen molar-refractivity contribution in [1.82, 2.24) is 0 Å². The Kier molecular flexibility index (Phi) is 5.72. The van der Waals surface area contributed by atoms with E-state index in [9.17, 15) is 9.18 Å². The van der Waals surface area contributed by atoms with Gasteiger partial charge in [0.1, 0.15) is 11.6 Å². The molecule has 0 atom stereocenters. The third kappa shape index (κ3) is 5.05. The van der Waals surface area contributed by atoms with Crippen molar-refractivity contribution in [3.8, 4) is 5.75 Å². The lowest BCUT2D eigenvalue weighted by atomic mass is 10.2. The molecule has 2 aromatic carbocycles. The summed E-state index contributed by atoms with van der Waals surface area (Å²) in [6.07, 6.45) is 3.99. The number of nitrogens with one attached hydrogen (secondary N) is 1. The van der Waals surface area contributed by atoms with Gasteiger partial charge in [-0.2, -0.15) is 0 Å². The lowest BCUT2D eigenvalue weighted by Gasteiger charge is -2.06. The summed E-state index contributed by atoms with van der Waals surface area (Å²) in [6.45, 7) is 2.72. The van der Waals surface area contributed by atoms with Gasteiger partial charge in [-0.25, -0.2) is 4.39 Å². The molecule has 1 amide bonds. The Morgan fingerprint density at radius 3 is 2.45 bits per heavy atom. The third-order valence-corrected chi connectivity index (χ3v) is 2.89. The lowest BCUT2D eigenvalue weighted by Crippen LogP contribution is -2.07.